The number of nitrogens with zero attached hydrogens (tertiary/aromatic N) is 4. The number of hydrogen-bond donors (Lipinski definition) is 0. The van der Waals surface area contributed by atoms with E-state index in [-0.39, 0.29) is 0 Å². The van der Waals surface area contributed by atoms with E-state index in [0.29, 0.717) is 5.95 Å². The second-order valence-electron chi connectivity index (χ2n) is 13.4. The molecule has 0 aliphatic heterocycles. The summed E-state index contributed by atoms with van der Waals surface area (Å²) in [6, 6.07) is 64.7. The average molecular weight is 663 g/mol. The molecule has 0 aliphatic carbocycles. The van der Waals surface area contributed by atoms with Crippen LogP contribution in [-0.4, -0.2) is 19.1 Å². The van der Waals surface area contributed by atoms with Gasteiger partial charge in [0.05, 0.1) is 22.1 Å². The molecule has 0 radical (unpaired) electrons. The summed E-state index contributed by atoms with van der Waals surface area (Å²) in [5, 5.41) is 8.27. The van der Waals surface area contributed by atoms with E-state index in [4.69, 9.17) is 9.97 Å². The molecule has 0 unspecified atom stereocenters. The molecule has 0 N–H and O–H groups in total. The quantitative estimate of drug-likeness (QED) is 0.188. The van der Waals surface area contributed by atoms with Crippen LogP contribution in [0.3, 0.4) is 0 Å². The number of para-hydroxylation sites is 1. The highest BCUT2D eigenvalue weighted by Crippen LogP contribution is 2.42. The van der Waals surface area contributed by atoms with Crippen LogP contribution >= 0.6 is 0 Å². The van der Waals surface area contributed by atoms with Crippen LogP contribution in [0.1, 0.15) is 0 Å². The lowest BCUT2D eigenvalue weighted by molar-refractivity contribution is 1.01. The Morgan fingerprint density at radius 3 is 1.62 bits per heavy atom. The summed E-state index contributed by atoms with van der Waals surface area (Å²) < 4.78 is 4.61. The van der Waals surface area contributed by atoms with Gasteiger partial charge in [-0.2, -0.15) is 0 Å². The van der Waals surface area contributed by atoms with Crippen LogP contribution in [0.2, 0.25) is 0 Å². The van der Waals surface area contributed by atoms with Gasteiger partial charge in [-0.3, -0.25) is 4.57 Å². The zero-order valence-corrected chi connectivity index (χ0v) is 28.1. The standard InChI is InChI=1S/C48H30N4/c1-4-14-31(15-5-1)35-26-27-40-39(30-35)43-37-22-12-10-16-32(37)24-28-41(43)52(40)48-49-45(34-18-6-2-7-19-34)47-46(50-48)44-38-23-13-11-17-33(38)25-29-42(44)51(47)36-20-8-3-9-21-36/h1-30H. The Hall–Kier alpha value is -7.04. The van der Waals surface area contributed by atoms with Crippen molar-refractivity contribution in [2.24, 2.45) is 0 Å². The third-order valence-corrected chi connectivity index (χ3v) is 10.5. The fraction of sp³-hybridized carbons (Fsp3) is 0. The summed E-state index contributed by atoms with van der Waals surface area (Å²) >= 11 is 0. The van der Waals surface area contributed by atoms with Gasteiger partial charge in [-0.05, 0) is 69.1 Å². The van der Waals surface area contributed by atoms with E-state index in [1.54, 1.807) is 0 Å². The van der Waals surface area contributed by atoms with Crippen LogP contribution < -0.4 is 0 Å². The molecular weight excluding hydrogens is 633 g/mol. The minimum absolute atomic E-state index is 0.647. The molecule has 8 aromatic carbocycles. The molecule has 4 nitrogen and oxygen atoms in total. The number of benzene rings is 8. The smallest absolute Gasteiger partial charge is 0.235 e. The van der Waals surface area contributed by atoms with Gasteiger partial charge in [0.25, 0.3) is 0 Å². The molecule has 0 spiro atoms. The van der Waals surface area contributed by atoms with Crippen LogP contribution in [-0.2, 0) is 0 Å². The Balaban J connectivity index is 1.33. The zero-order chi connectivity index (χ0) is 34.2. The fourth-order valence-electron chi connectivity index (χ4n) is 8.20. The van der Waals surface area contributed by atoms with Crippen molar-refractivity contribution in [2.75, 3.05) is 0 Å². The van der Waals surface area contributed by atoms with Crippen molar-refractivity contribution in [1.82, 2.24) is 19.1 Å². The highest BCUT2D eigenvalue weighted by molar-refractivity contribution is 6.23. The van der Waals surface area contributed by atoms with E-state index >= 15 is 0 Å². The van der Waals surface area contributed by atoms with Crippen molar-refractivity contribution in [3.8, 4) is 34.0 Å². The SMILES string of the molecule is c1ccc(-c2ccc3c(c2)c2c4ccccc4ccc2n3-c2nc(-c3ccccc3)c3c(n2)c2c4ccccc4ccc2n3-c2ccccc2)cc1. The van der Waals surface area contributed by atoms with Gasteiger partial charge in [-0.1, -0.05) is 146 Å². The van der Waals surface area contributed by atoms with E-state index in [1.807, 2.05) is 0 Å². The monoisotopic (exact) mass is 662 g/mol. The maximum Gasteiger partial charge on any atom is 0.235 e. The average Bonchev–Trinajstić information content (AvgIpc) is 3.74. The van der Waals surface area contributed by atoms with Crippen molar-refractivity contribution < 1.29 is 0 Å². The summed E-state index contributed by atoms with van der Waals surface area (Å²) in [5.74, 6) is 0.647. The van der Waals surface area contributed by atoms with Crippen LogP contribution in [0.15, 0.2) is 182 Å². The highest BCUT2D eigenvalue weighted by atomic mass is 15.2. The Labute approximate surface area is 299 Å². The second kappa shape index (κ2) is 11.2. The number of hydrogen-bond acceptors (Lipinski definition) is 2. The normalized spacial score (nSPS) is 11.8. The molecule has 242 valence electrons. The van der Waals surface area contributed by atoms with E-state index in [1.165, 1.54) is 43.4 Å². The molecule has 52 heavy (non-hydrogen) atoms. The van der Waals surface area contributed by atoms with Gasteiger partial charge in [-0.25, -0.2) is 9.97 Å². The molecule has 0 amide bonds. The van der Waals surface area contributed by atoms with Crippen LogP contribution in [0.4, 0.5) is 0 Å². The molecule has 0 atom stereocenters. The fourth-order valence-corrected chi connectivity index (χ4v) is 8.20. The van der Waals surface area contributed by atoms with Crippen molar-refractivity contribution >= 4 is 65.3 Å². The first-order valence-electron chi connectivity index (χ1n) is 17.7. The summed E-state index contributed by atoms with van der Waals surface area (Å²) in [7, 11) is 0. The third-order valence-electron chi connectivity index (χ3n) is 10.5. The molecule has 0 aliphatic rings. The first-order chi connectivity index (χ1) is 25.8. The molecule has 4 heteroatoms. The van der Waals surface area contributed by atoms with Crippen LogP contribution in [0.25, 0.3) is 99.3 Å². The van der Waals surface area contributed by atoms with Crippen LogP contribution in [0, 0.1) is 0 Å². The van der Waals surface area contributed by atoms with Crippen molar-refractivity contribution in [2.45, 2.75) is 0 Å². The summed E-state index contributed by atoms with van der Waals surface area (Å²) in [6.07, 6.45) is 0. The second-order valence-corrected chi connectivity index (χ2v) is 13.4. The predicted octanol–water partition coefficient (Wildman–Crippen LogP) is 12.3. The number of aromatic nitrogens is 4. The Kier molecular flexibility index (Phi) is 6.22. The van der Waals surface area contributed by atoms with E-state index in [2.05, 4.69) is 191 Å². The summed E-state index contributed by atoms with van der Waals surface area (Å²) in [4.78, 5) is 11.2. The van der Waals surface area contributed by atoms with E-state index in [9.17, 15) is 0 Å². The lowest BCUT2D eigenvalue weighted by atomic mass is 10.0. The molecule has 11 rings (SSSR count). The number of fused-ring (bicyclic) bond motifs is 10. The minimum atomic E-state index is 0.647. The maximum atomic E-state index is 5.62. The van der Waals surface area contributed by atoms with Crippen molar-refractivity contribution in [1.29, 1.82) is 0 Å². The van der Waals surface area contributed by atoms with Gasteiger partial charge in [0.1, 0.15) is 11.2 Å². The third kappa shape index (κ3) is 4.21. The molecule has 3 heterocycles. The number of rotatable bonds is 4. The van der Waals surface area contributed by atoms with E-state index in [0.717, 1.165) is 49.9 Å². The van der Waals surface area contributed by atoms with Gasteiger partial charge in [0.15, 0.2) is 0 Å². The maximum absolute atomic E-state index is 5.62. The predicted molar refractivity (Wildman–Crippen MR) is 217 cm³/mol. The molecule has 0 bridgehead atoms. The Morgan fingerprint density at radius 2 is 0.923 bits per heavy atom. The molecule has 3 aromatic heterocycles. The van der Waals surface area contributed by atoms with Gasteiger partial charge in [0.2, 0.25) is 5.95 Å². The Morgan fingerprint density at radius 1 is 0.365 bits per heavy atom. The minimum Gasteiger partial charge on any atom is -0.306 e. The molecular formula is C48H30N4. The van der Waals surface area contributed by atoms with Gasteiger partial charge in [0, 0.05) is 27.4 Å². The van der Waals surface area contributed by atoms with Gasteiger partial charge < -0.3 is 4.57 Å². The lowest BCUT2D eigenvalue weighted by Gasteiger charge is -2.13. The summed E-state index contributed by atoms with van der Waals surface area (Å²) in [5.41, 5.74) is 10.5. The van der Waals surface area contributed by atoms with Crippen molar-refractivity contribution in [3.05, 3.63) is 182 Å². The summed E-state index contributed by atoms with van der Waals surface area (Å²) in [6.45, 7) is 0. The van der Waals surface area contributed by atoms with Crippen molar-refractivity contribution in [3.63, 3.8) is 0 Å². The van der Waals surface area contributed by atoms with Crippen LogP contribution in [0.5, 0.6) is 0 Å². The molecule has 0 fully saturated rings. The largest absolute Gasteiger partial charge is 0.306 e. The zero-order valence-electron chi connectivity index (χ0n) is 28.1. The van der Waals surface area contributed by atoms with Gasteiger partial charge >= 0.3 is 0 Å². The first-order valence-corrected chi connectivity index (χ1v) is 17.7. The first kappa shape index (κ1) is 28.8. The molecule has 0 saturated carbocycles. The van der Waals surface area contributed by atoms with Gasteiger partial charge in [-0.15, -0.1) is 0 Å². The Bertz CT molecular complexity index is 3160. The lowest BCUT2D eigenvalue weighted by Crippen LogP contribution is -2.05. The topological polar surface area (TPSA) is 35.6 Å². The highest BCUT2D eigenvalue weighted by Gasteiger charge is 2.24. The molecule has 11 aromatic rings. The molecule has 0 saturated heterocycles. The van der Waals surface area contributed by atoms with E-state index < -0.39 is 0 Å².